The molecule has 3 atom stereocenters. The largest absolute Gasteiger partial charge is 0.460 e. The average molecular weight is 776 g/mol. The van der Waals surface area contributed by atoms with Gasteiger partial charge in [-0.3, -0.25) is 0 Å². The van der Waals surface area contributed by atoms with Crippen LogP contribution in [0.1, 0.15) is 119 Å². The van der Waals surface area contributed by atoms with Crippen LogP contribution in [-0.2, 0) is 33.3 Å². The Kier molecular flexibility index (Phi) is 29.9. The maximum absolute atomic E-state index is 11.6. The molecule has 0 bridgehead atoms. The number of hydrogen-bond donors (Lipinski definition) is 5. The molecule has 0 aliphatic heterocycles. The van der Waals surface area contributed by atoms with Crippen molar-refractivity contribution in [1.29, 1.82) is 0 Å². The molecule has 1 heterocycles. The summed E-state index contributed by atoms with van der Waals surface area (Å²) < 4.78 is 29.0. The number of amides is 3. The predicted molar refractivity (Wildman–Crippen MR) is 198 cm³/mol. The van der Waals surface area contributed by atoms with Crippen LogP contribution in [0.2, 0.25) is 0 Å². The number of terminal acetylenes is 1. The van der Waals surface area contributed by atoms with Gasteiger partial charge in [0.25, 0.3) is 0 Å². The fraction of sp³-hybridized carbons (Fsp3) is 0.657. The minimum atomic E-state index is -0.595. The summed E-state index contributed by atoms with van der Waals surface area (Å²) in [5.74, 6) is 0.622. The Labute approximate surface area is 318 Å². The Bertz CT molecular complexity index is 1320. The third-order valence-corrected chi connectivity index (χ3v) is 4.56. The van der Waals surface area contributed by atoms with Gasteiger partial charge in [-0.25, -0.2) is 24.0 Å². The van der Waals surface area contributed by atoms with Crippen LogP contribution in [0.25, 0.3) is 0 Å². The SMILES string of the molecule is C#CC(=O)OCC.CCOC(=O)c1cc([C@@H](C)NC(=O)OC(C)(C)C)no1.CO.C[C@H](C=NO)NC(=O)OC(C)(C)C.C[C@H](C=O)NC(=O)OC(C)(C)C. The highest BCUT2D eigenvalue weighted by molar-refractivity contribution is 5.87. The Balaban J connectivity index is -0.000000322. The van der Waals surface area contributed by atoms with E-state index < -0.39 is 59.1 Å². The number of rotatable bonds is 9. The summed E-state index contributed by atoms with van der Waals surface area (Å²) in [4.78, 5) is 65.1. The Morgan fingerprint density at radius 2 is 1.22 bits per heavy atom. The minimum absolute atomic E-state index is 0.000288. The summed E-state index contributed by atoms with van der Waals surface area (Å²) in [7, 11) is 1.00. The molecule has 5 N–H and O–H groups in total. The molecule has 54 heavy (non-hydrogen) atoms. The van der Waals surface area contributed by atoms with Crippen LogP contribution in [0.15, 0.2) is 15.7 Å². The second kappa shape index (κ2) is 29.1. The van der Waals surface area contributed by atoms with Gasteiger partial charge in [0.2, 0.25) is 5.76 Å². The smallest absolute Gasteiger partial charge is 0.408 e. The van der Waals surface area contributed by atoms with E-state index in [0.717, 1.165) is 7.11 Å². The van der Waals surface area contributed by atoms with Crippen LogP contribution in [0.4, 0.5) is 14.4 Å². The van der Waals surface area contributed by atoms with Gasteiger partial charge in [-0.2, -0.15) is 0 Å². The lowest BCUT2D eigenvalue weighted by atomic mass is 10.2. The van der Waals surface area contributed by atoms with E-state index in [1.165, 1.54) is 12.3 Å². The number of oxime groups is 1. The number of carbonyl (C=O) groups excluding carboxylic acids is 6. The molecule has 0 saturated carbocycles. The van der Waals surface area contributed by atoms with E-state index in [9.17, 15) is 28.8 Å². The van der Waals surface area contributed by atoms with E-state index in [4.69, 9.17) is 33.8 Å². The summed E-state index contributed by atoms with van der Waals surface area (Å²) in [6, 6.07) is 0.136. The quantitative estimate of drug-likeness (QED) is 0.0333. The van der Waals surface area contributed by atoms with E-state index in [2.05, 4.69) is 37.4 Å². The first-order chi connectivity index (χ1) is 24.7. The summed E-state index contributed by atoms with van der Waals surface area (Å²) in [6.45, 7) is 24.9. The van der Waals surface area contributed by atoms with Gasteiger partial charge in [0, 0.05) is 19.1 Å². The minimum Gasteiger partial charge on any atom is -0.460 e. The van der Waals surface area contributed by atoms with Crippen molar-refractivity contribution in [3.63, 3.8) is 0 Å². The van der Waals surface area contributed by atoms with Crippen molar-refractivity contribution < 1.29 is 67.3 Å². The lowest BCUT2D eigenvalue weighted by Gasteiger charge is -2.21. The number of nitrogens with one attached hydrogen (secondary N) is 3. The highest BCUT2D eigenvalue weighted by Gasteiger charge is 2.22. The maximum atomic E-state index is 11.6. The normalized spacial score (nSPS) is 12.1. The molecule has 0 spiro atoms. The van der Waals surface area contributed by atoms with Gasteiger partial charge < -0.3 is 59.3 Å². The van der Waals surface area contributed by atoms with Gasteiger partial charge in [0.05, 0.1) is 37.6 Å². The number of hydrogen-bond acceptors (Lipinski definition) is 16. The number of aromatic nitrogens is 1. The summed E-state index contributed by atoms with van der Waals surface area (Å²) in [5, 5.41) is 29.1. The fourth-order valence-corrected chi connectivity index (χ4v) is 2.68. The lowest BCUT2D eigenvalue weighted by Crippen LogP contribution is -2.38. The Hall–Kier alpha value is -5.38. The van der Waals surface area contributed by atoms with Crippen molar-refractivity contribution in [3.05, 3.63) is 17.5 Å². The van der Waals surface area contributed by atoms with Gasteiger partial charge >= 0.3 is 30.2 Å². The number of aliphatic hydroxyl groups is 1. The van der Waals surface area contributed by atoms with E-state index in [1.54, 1.807) is 103 Å². The first-order valence-electron chi connectivity index (χ1n) is 16.6. The molecule has 0 aliphatic carbocycles. The number of alkyl carbamates (subject to hydrolysis) is 3. The van der Waals surface area contributed by atoms with Crippen molar-refractivity contribution in [1.82, 2.24) is 21.1 Å². The van der Waals surface area contributed by atoms with Crippen LogP contribution in [0.5, 0.6) is 0 Å². The monoisotopic (exact) mass is 775 g/mol. The van der Waals surface area contributed by atoms with Crippen molar-refractivity contribution in [2.75, 3.05) is 20.3 Å². The molecular weight excluding hydrogens is 714 g/mol. The van der Waals surface area contributed by atoms with Crippen molar-refractivity contribution >= 4 is 42.7 Å². The molecule has 1 rings (SSSR count). The summed E-state index contributed by atoms with van der Waals surface area (Å²) in [6.07, 6.45) is 4.82. The molecule has 0 unspecified atom stereocenters. The third kappa shape index (κ3) is 36.4. The van der Waals surface area contributed by atoms with Gasteiger partial charge in [0.1, 0.15) is 28.8 Å². The number of carbonyl (C=O) groups is 6. The van der Waals surface area contributed by atoms with Gasteiger partial charge in [-0.15, -0.1) is 6.42 Å². The molecule has 310 valence electrons. The van der Waals surface area contributed by atoms with Crippen LogP contribution in [0.3, 0.4) is 0 Å². The number of esters is 2. The molecule has 0 aliphatic rings. The van der Waals surface area contributed by atoms with Crippen molar-refractivity contribution in [2.45, 2.75) is 132 Å². The number of aldehydes is 1. The zero-order valence-corrected chi connectivity index (χ0v) is 34.1. The molecule has 19 nitrogen and oxygen atoms in total. The molecule has 3 amide bonds. The average Bonchev–Trinajstić information content (AvgIpc) is 3.51. The van der Waals surface area contributed by atoms with Crippen molar-refractivity contribution in [3.8, 4) is 12.3 Å². The highest BCUT2D eigenvalue weighted by Crippen LogP contribution is 2.15. The molecular formula is C35H61N5O14. The van der Waals surface area contributed by atoms with Gasteiger partial charge in [0.15, 0.2) is 0 Å². The zero-order valence-electron chi connectivity index (χ0n) is 34.1. The molecule has 19 heteroatoms. The Morgan fingerprint density at radius 3 is 1.56 bits per heavy atom. The first kappa shape index (κ1) is 55.4. The number of ether oxygens (including phenoxy) is 5. The summed E-state index contributed by atoms with van der Waals surface area (Å²) >= 11 is 0. The fourth-order valence-electron chi connectivity index (χ4n) is 2.68. The first-order valence-corrected chi connectivity index (χ1v) is 16.6. The van der Waals surface area contributed by atoms with Gasteiger partial charge in [-0.1, -0.05) is 10.3 Å². The number of nitrogens with zero attached hydrogens (tertiary/aromatic N) is 2. The molecule has 0 radical (unpaired) electrons. The van der Waals surface area contributed by atoms with Crippen LogP contribution in [-0.4, -0.2) is 107 Å². The van der Waals surface area contributed by atoms with Crippen LogP contribution >= 0.6 is 0 Å². The summed E-state index contributed by atoms with van der Waals surface area (Å²) in [5.41, 5.74) is -1.20. The molecule has 0 saturated heterocycles. The van der Waals surface area contributed by atoms with E-state index in [-0.39, 0.29) is 18.4 Å². The topological polar surface area (TPSA) is 264 Å². The van der Waals surface area contributed by atoms with Crippen LogP contribution in [0, 0.1) is 12.3 Å². The van der Waals surface area contributed by atoms with Gasteiger partial charge in [-0.05, 0) is 96.9 Å². The third-order valence-electron chi connectivity index (χ3n) is 4.56. The second-order valence-electron chi connectivity index (χ2n) is 13.3. The standard InChI is InChI=1S/C13H20N2O5.C8H16N2O3.C8H15NO3.C5H6O2.CH4O/c1-6-18-11(16)10-7-9(15-20-10)8(2)14-12(17)19-13(3,4)5;1-6(5-9-12)10-7(11)13-8(2,3)4;1-6(5-10)9-7(11)12-8(2,3)4;1-3-5(6)7-4-2;1-2/h7-8H,6H2,1-5H3,(H,14,17);5-6,12H,1-4H3,(H,10,11);5-6H,1-4H3,(H,9,11);1H,4H2,2H3;2H,1H3/t8-;2*6-;;/m111../s1. The van der Waals surface area contributed by atoms with E-state index in [0.29, 0.717) is 18.6 Å². The molecule has 0 fully saturated rings. The van der Waals surface area contributed by atoms with Crippen molar-refractivity contribution in [2.24, 2.45) is 5.16 Å². The van der Waals surface area contributed by atoms with E-state index >= 15 is 0 Å². The zero-order chi connectivity index (χ0) is 43.3. The van der Waals surface area contributed by atoms with Crippen LogP contribution < -0.4 is 16.0 Å². The molecule has 1 aromatic heterocycles. The highest BCUT2D eigenvalue weighted by atomic mass is 16.6. The van der Waals surface area contributed by atoms with E-state index in [1.807, 2.05) is 0 Å². The predicted octanol–water partition coefficient (Wildman–Crippen LogP) is 4.69. The lowest BCUT2D eigenvalue weighted by molar-refractivity contribution is -0.136. The molecule has 1 aromatic rings. The molecule has 0 aromatic carbocycles. The second-order valence-corrected chi connectivity index (χ2v) is 13.3. The number of aliphatic hydroxyl groups excluding tert-OH is 1. The maximum Gasteiger partial charge on any atom is 0.408 e. The Morgan fingerprint density at radius 1 is 0.815 bits per heavy atom.